The molecule has 0 amide bonds. The van der Waals surface area contributed by atoms with Gasteiger partial charge in [0.25, 0.3) is 0 Å². The van der Waals surface area contributed by atoms with E-state index >= 15 is 0 Å². The Hall–Kier alpha value is -3.14. The summed E-state index contributed by atoms with van der Waals surface area (Å²) in [4.78, 5) is 24.7. The zero-order valence-corrected chi connectivity index (χ0v) is 13.3. The first-order valence-corrected chi connectivity index (χ1v) is 7.62. The molecule has 0 aromatic heterocycles. The highest BCUT2D eigenvalue weighted by molar-refractivity contribution is 6.24. The number of hydrogen-bond acceptors (Lipinski definition) is 4. The van der Waals surface area contributed by atoms with Crippen molar-refractivity contribution in [2.24, 2.45) is 0 Å². The largest absolute Gasteiger partial charge is 0.421 e. The first-order valence-electron chi connectivity index (χ1n) is 7.62. The summed E-state index contributed by atoms with van der Waals surface area (Å²) in [6.45, 7) is 3.93. The average Bonchev–Trinajstić information content (AvgIpc) is 3.08. The van der Waals surface area contributed by atoms with E-state index in [0.29, 0.717) is 11.1 Å². The molecule has 2 aromatic rings. The minimum Gasteiger partial charge on any atom is -0.421 e. The maximum atomic E-state index is 12.3. The molecular weight excluding hydrogens is 304 g/mol. The highest BCUT2D eigenvalue weighted by Crippen LogP contribution is 2.43. The summed E-state index contributed by atoms with van der Waals surface area (Å²) < 4.78 is 10.8. The summed E-state index contributed by atoms with van der Waals surface area (Å²) in [6.07, 6.45) is 0. The lowest BCUT2D eigenvalue weighted by Gasteiger charge is -2.06. The number of benzene rings is 2. The number of carbonyl (C=O) groups excluding carboxylic acids is 2. The second kappa shape index (κ2) is 5.20. The summed E-state index contributed by atoms with van der Waals surface area (Å²) in [5.74, 6) is -0.576. The molecule has 2 aromatic carbocycles. The molecule has 2 aliphatic rings. The van der Waals surface area contributed by atoms with Crippen molar-refractivity contribution in [3.63, 3.8) is 0 Å². The van der Waals surface area contributed by atoms with Gasteiger partial charge in [0.05, 0.1) is 0 Å². The van der Waals surface area contributed by atoms with Crippen molar-refractivity contribution in [2.45, 2.75) is 13.8 Å². The van der Waals surface area contributed by atoms with Crippen LogP contribution in [0.15, 0.2) is 59.7 Å². The highest BCUT2D eigenvalue weighted by Gasteiger charge is 2.45. The summed E-state index contributed by atoms with van der Waals surface area (Å²) in [6, 6.07) is 14.9. The van der Waals surface area contributed by atoms with Crippen LogP contribution in [-0.4, -0.2) is 11.9 Å². The molecule has 0 spiro atoms. The van der Waals surface area contributed by atoms with E-state index in [1.807, 2.05) is 62.4 Å². The number of hydrogen-bond donors (Lipinski definition) is 0. The Morgan fingerprint density at radius 1 is 0.583 bits per heavy atom. The zero-order chi connectivity index (χ0) is 16.8. The van der Waals surface area contributed by atoms with E-state index < -0.39 is 11.9 Å². The molecule has 2 aliphatic heterocycles. The SMILES string of the molecule is Cc1ccc(C2=C3C(=O)OC(c4ccc(C)cc4)=C3C(=O)O2)cc1. The van der Waals surface area contributed by atoms with Crippen LogP contribution in [-0.2, 0) is 19.1 Å². The Labute approximate surface area is 139 Å². The van der Waals surface area contributed by atoms with E-state index in [4.69, 9.17) is 9.47 Å². The molecule has 0 saturated carbocycles. The van der Waals surface area contributed by atoms with Crippen LogP contribution in [0.5, 0.6) is 0 Å². The van der Waals surface area contributed by atoms with Gasteiger partial charge in [-0.2, -0.15) is 0 Å². The van der Waals surface area contributed by atoms with E-state index in [9.17, 15) is 9.59 Å². The average molecular weight is 318 g/mol. The van der Waals surface area contributed by atoms with E-state index in [1.165, 1.54) is 0 Å². The first kappa shape index (κ1) is 14.5. The third kappa shape index (κ3) is 2.15. The molecule has 0 saturated heterocycles. The normalized spacial score (nSPS) is 16.4. The molecule has 0 N–H and O–H groups in total. The van der Waals surface area contributed by atoms with E-state index in [-0.39, 0.29) is 22.7 Å². The first-order chi connectivity index (χ1) is 11.5. The third-order valence-corrected chi connectivity index (χ3v) is 4.13. The summed E-state index contributed by atoms with van der Waals surface area (Å²) in [7, 11) is 0. The second-order valence-corrected chi connectivity index (χ2v) is 5.92. The van der Waals surface area contributed by atoms with Crippen LogP contribution < -0.4 is 0 Å². The zero-order valence-electron chi connectivity index (χ0n) is 13.3. The Kier molecular flexibility index (Phi) is 3.13. The standard InChI is InChI=1S/C20H14O4/c1-11-3-7-13(8-4-11)17-15-16(20(22)23-17)18(24-19(15)21)14-9-5-12(2)6-10-14/h3-10H,1-2H3. The monoisotopic (exact) mass is 318 g/mol. The van der Waals surface area contributed by atoms with Crippen molar-refractivity contribution < 1.29 is 19.1 Å². The quantitative estimate of drug-likeness (QED) is 0.795. The second-order valence-electron chi connectivity index (χ2n) is 5.92. The molecule has 0 radical (unpaired) electrons. The molecule has 0 bridgehead atoms. The molecule has 118 valence electrons. The number of ether oxygens (including phenoxy) is 2. The van der Waals surface area contributed by atoms with Crippen LogP contribution in [0.3, 0.4) is 0 Å². The lowest BCUT2D eigenvalue weighted by Crippen LogP contribution is -2.01. The molecule has 0 fully saturated rings. The molecule has 4 rings (SSSR count). The number of rotatable bonds is 2. The van der Waals surface area contributed by atoms with E-state index in [2.05, 4.69) is 0 Å². The van der Waals surface area contributed by atoms with Gasteiger partial charge in [-0.3, -0.25) is 0 Å². The maximum Gasteiger partial charge on any atom is 0.348 e. The van der Waals surface area contributed by atoms with Gasteiger partial charge < -0.3 is 9.47 Å². The molecule has 0 atom stereocenters. The molecule has 0 unspecified atom stereocenters. The predicted octanol–water partition coefficient (Wildman–Crippen LogP) is 3.54. The highest BCUT2D eigenvalue weighted by atomic mass is 16.6. The summed E-state index contributed by atoms with van der Waals surface area (Å²) in [5.41, 5.74) is 3.94. The van der Waals surface area contributed by atoms with Gasteiger partial charge in [-0.05, 0) is 13.8 Å². The van der Waals surface area contributed by atoms with Crippen molar-refractivity contribution in [3.05, 3.63) is 81.9 Å². The smallest absolute Gasteiger partial charge is 0.348 e. The Balaban J connectivity index is 1.88. The lowest BCUT2D eigenvalue weighted by molar-refractivity contribution is -0.131. The van der Waals surface area contributed by atoms with E-state index in [1.54, 1.807) is 0 Å². The van der Waals surface area contributed by atoms with Crippen LogP contribution in [0.2, 0.25) is 0 Å². The molecule has 4 nitrogen and oxygen atoms in total. The van der Waals surface area contributed by atoms with Crippen LogP contribution in [0.25, 0.3) is 11.5 Å². The molecule has 2 heterocycles. The van der Waals surface area contributed by atoms with Gasteiger partial charge in [0.1, 0.15) is 11.1 Å². The Morgan fingerprint density at radius 2 is 0.917 bits per heavy atom. The minimum atomic E-state index is -0.554. The van der Waals surface area contributed by atoms with Gasteiger partial charge in [0, 0.05) is 11.1 Å². The van der Waals surface area contributed by atoms with Crippen molar-refractivity contribution >= 4 is 23.5 Å². The van der Waals surface area contributed by atoms with Crippen LogP contribution in [0.4, 0.5) is 0 Å². The number of carbonyl (C=O) groups is 2. The van der Waals surface area contributed by atoms with Crippen molar-refractivity contribution in [1.82, 2.24) is 0 Å². The van der Waals surface area contributed by atoms with Gasteiger partial charge in [0.2, 0.25) is 0 Å². The minimum absolute atomic E-state index is 0.208. The van der Waals surface area contributed by atoms with Gasteiger partial charge in [-0.1, -0.05) is 59.7 Å². The summed E-state index contributed by atoms with van der Waals surface area (Å²) >= 11 is 0. The predicted molar refractivity (Wildman–Crippen MR) is 88.4 cm³/mol. The topological polar surface area (TPSA) is 52.6 Å². The van der Waals surface area contributed by atoms with Crippen LogP contribution in [0, 0.1) is 13.8 Å². The Morgan fingerprint density at radius 3 is 1.25 bits per heavy atom. The fourth-order valence-corrected chi connectivity index (χ4v) is 2.82. The van der Waals surface area contributed by atoms with Gasteiger partial charge in [-0.15, -0.1) is 0 Å². The van der Waals surface area contributed by atoms with Crippen LogP contribution >= 0.6 is 0 Å². The van der Waals surface area contributed by atoms with Crippen molar-refractivity contribution in [3.8, 4) is 0 Å². The van der Waals surface area contributed by atoms with Crippen molar-refractivity contribution in [2.75, 3.05) is 0 Å². The van der Waals surface area contributed by atoms with Gasteiger partial charge in [0.15, 0.2) is 11.5 Å². The molecular formula is C20H14O4. The fraction of sp³-hybridized carbons (Fsp3) is 0.100. The summed E-state index contributed by atoms with van der Waals surface area (Å²) in [5, 5.41) is 0. The number of fused-ring (bicyclic) bond motifs is 1. The van der Waals surface area contributed by atoms with E-state index in [0.717, 1.165) is 11.1 Å². The molecule has 24 heavy (non-hydrogen) atoms. The number of aryl methyl sites for hydroxylation is 2. The maximum absolute atomic E-state index is 12.3. The van der Waals surface area contributed by atoms with Gasteiger partial charge >= 0.3 is 11.9 Å². The van der Waals surface area contributed by atoms with Gasteiger partial charge in [-0.25, -0.2) is 9.59 Å². The fourth-order valence-electron chi connectivity index (χ4n) is 2.82. The molecule has 4 heteroatoms. The lowest BCUT2D eigenvalue weighted by atomic mass is 10.0. The molecule has 0 aliphatic carbocycles. The number of cyclic esters (lactones) is 2. The third-order valence-electron chi connectivity index (χ3n) is 4.13. The number of esters is 2. The van der Waals surface area contributed by atoms with Crippen molar-refractivity contribution in [1.29, 1.82) is 0 Å². The Bertz CT molecular complexity index is 849. The van der Waals surface area contributed by atoms with Crippen LogP contribution in [0.1, 0.15) is 22.3 Å².